The molecule has 1 aromatic heterocycles. The molecule has 1 unspecified atom stereocenters. The predicted octanol–water partition coefficient (Wildman–Crippen LogP) is 3.23. The highest BCUT2D eigenvalue weighted by molar-refractivity contribution is 5.50. The van der Waals surface area contributed by atoms with E-state index in [1.807, 2.05) is 6.92 Å². The van der Waals surface area contributed by atoms with E-state index in [0.717, 1.165) is 37.0 Å². The maximum atomic E-state index is 4.63. The molecule has 0 saturated carbocycles. The Morgan fingerprint density at radius 2 is 2.21 bits per heavy atom. The van der Waals surface area contributed by atoms with Crippen LogP contribution in [-0.4, -0.2) is 29.1 Å². The molecule has 19 heavy (non-hydrogen) atoms. The van der Waals surface area contributed by atoms with Gasteiger partial charge < -0.3 is 10.2 Å². The molecule has 1 aliphatic rings. The van der Waals surface area contributed by atoms with Crippen molar-refractivity contribution in [3.8, 4) is 0 Å². The van der Waals surface area contributed by atoms with Gasteiger partial charge in [-0.3, -0.25) is 0 Å². The van der Waals surface area contributed by atoms with E-state index in [1.54, 1.807) is 0 Å². The van der Waals surface area contributed by atoms with E-state index in [1.165, 1.54) is 12.8 Å². The molecule has 1 aromatic rings. The summed E-state index contributed by atoms with van der Waals surface area (Å²) in [4.78, 5) is 11.5. The smallest absolute Gasteiger partial charge is 0.134 e. The lowest BCUT2D eigenvalue weighted by Gasteiger charge is -2.29. The molecule has 2 heterocycles. The van der Waals surface area contributed by atoms with E-state index in [-0.39, 0.29) is 0 Å². The molecule has 0 bridgehead atoms. The molecule has 0 radical (unpaired) electrons. The Morgan fingerprint density at radius 3 is 2.89 bits per heavy atom. The van der Waals surface area contributed by atoms with E-state index in [9.17, 15) is 0 Å². The van der Waals surface area contributed by atoms with Gasteiger partial charge in [0.05, 0.1) is 0 Å². The Labute approximate surface area is 116 Å². The summed E-state index contributed by atoms with van der Waals surface area (Å²) in [5.41, 5.74) is 0. The predicted molar refractivity (Wildman–Crippen MR) is 80.8 cm³/mol. The largest absolute Gasteiger partial charge is 0.370 e. The first-order chi connectivity index (χ1) is 9.11. The van der Waals surface area contributed by atoms with Crippen LogP contribution in [0.1, 0.15) is 45.9 Å². The van der Waals surface area contributed by atoms with Gasteiger partial charge in [-0.15, -0.1) is 0 Å². The third kappa shape index (κ3) is 3.37. The Morgan fingerprint density at radius 1 is 1.42 bits per heavy atom. The number of nitrogens with one attached hydrogen (secondary N) is 1. The number of hydrogen-bond donors (Lipinski definition) is 1. The van der Waals surface area contributed by atoms with Crippen molar-refractivity contribution in [2.45, 2.75) is 53.0 Å². The number of aromatic nitrogens is 2. The lowest BCUT2D eigenvalue weighted by molar-refractivity contribution is 0.489. The van der Waals surface area contributed by atoms with Gasteiger partial charge in [-0.2, -0.15) is 0 Å². The molecule has 1 saturated heterocycles. The van der Waals surface area contributed by atoms with Crippen molar-refractivity contribution in [3.63, 3.8) is 0 Å². The quantitative estimate of drug-likeness (QED) is 0.884. The highest BCUT2D eigenvalue weighted by atomic mass is 15.2. The minimum absolute atomic E-state index is 0.619. The van der Waals surface area contributed by atoms with Crippen LogP contribution in [0.4, 0.5) is 11.6 Å². The van der Waals surface area contributed by atoms with Crippen molar-refractivity contribution >= 4 is 11.6 Å². The Hall–Kier alpha value is -1.32. The van der Waals surface area contributed by atoms with Gasteiger partial charge in [0.1, 0.15) is 17.5 Å². The second-order valence-electron chi connectivity index (χ2n) is 5.73. The first-order valence-electron chi connectivity index (χ1n) is 7.48. The Kier molecular flexibility index (Phi) is 4.61. The minimum atomic E-state index is 0.619. The van der Waals surface area contributed by atoms with Crippen molar-refractivity contribution in [1.82, 2.24) is 9.97 Å². The van der Waals surface area contributed by atoms with Crippen LogP contribution in [0.2, 0.25) is 0 Å². The van der Waals surface area contributed by atoms with Crippen molar-refractivity contribution in [2.24, 2.45) is 5.92 Å². The molecule has 0 aliphatic carbocycles. The highest BCUT2D eigenvalue weighted by Gasteiger charge is 2.28. The molecular weight excluding hydrogens is 236 g/mol. The van der Waals surface area contributed by atoms with E-state index in [0.29, 0.717) is 12.0 Å². The van der Waals surface area contributed by atoms with Gasteiger partial charge in [0.25, 0.3) is 0 Å². The van der Waals surface area contributed by atoms with Crippen LogP contribution in [0, 0.1) is 12.8 Å². The molecule has 2 rings (SSSR count). The molecule has 1 fully saturated rings. The van der Waals surface area contributed by atoms with Crippen LogP contribution in [0.3, 0.4) is 0 Å². The third-order valence-corrected chi connectivity index (χ3v) is 3.74. The molecule has 0 amide bonds. The average Bonchev–Trinajstić information content (AvgIpc) is 2.85. The molecule has 4 nitrogen and oxygen atoms in total. The fraction of sp³-hybridized carbons (Fsp3) is 0.733. The second-order valence-corrected chi connectivity index (χ2v) is 5.73. The van der Waals surface area contributed by atoms with Crippen molar-refractivity contribution in [2.75, 3.05) is 23.3 Å². The molecule has 0 spiro atoms. The van der Waals surface area contributed by atoms with Gasteiger partial charge in [-0.05, 0) is 32.1 Å². The second kappa shape index (κ2) is 6.22. The molecule has 106 valence electrons. The van der Waals surface area contributed by atoms with Crippen LogP contribution < -0.4 is 10.2 Å². The molecule has 1 aliphatic heterocycles. The Balaban J connectivity index is 2.21. The van der Waals surface area contributed by atoms with Gasteiger partial charge >= 0.3 is 0 Å². The summed E-state index contributed by atoms with van der Waals surface area (Å²) in [6, 6.07) is 2.72. The van der Waals surface area contributed by atoms with Crippen LogP contribution in [0.15, 0.2) is 6.07 Å². The normalized spacial score (nSPS) is 19.2. The number of nitrogens with zero attached hydrogens (tertiary/aromatic N) is 3. The third-order valence-electron chi connectivity index (χ3n) is 3.74. The molecule has 4 heteroatoms. The maximum Gasteiger partial charge on any atom is 0.134 e. The number of anilines is 2. The number of rotatable bonds is 5. The topological polar surface area (TPSA) is 41.0 Å². The fourth-order valence-electron chi connectivity index (χ4n) is 2.81. The summed E-state index contributed by atoms with van der Waals surface area (Å²) in [7, 11) is 0. The van der Waals surface area contributed by atoms with Gasteiger partial charge in [0, 0.05) is 25.2 Å². The molecule has 1 atom stereocenters. The van der Waals surface area contributed by atoms with Crippen molar-refractivity contribution in [1.29, 1.82) is 0 Å². The first-order valence-corrected chi connectivity index (χ1v) is 7.48. The van der Waals surface area contributed by atoms with E-state index in [4.69, 9.17) is 0 Å². The van der Waals surface area contributed by atoms with Crippen molar-refractivity contribution < 1.29 is 0 Å². The molecule has 0 aromatic carbocycles. The van der Waals surface area contributed by atoms with Gasteiger partial charge in [0.2, 0.25) is 0 Å². The monoisotopic (exact) mass is 262 g/mol. The van der Waals surface area contributed by atoms with Gasteiger partial charge in [-0.25, -0.2) is 9.97 Å². The lowest BCUT2D eigenvalue weighted by atomic mass is 10.0. The van der Waals surface area contributed by atoms with Crippen LogP contribution >= 0.6 is 0 Å². The highest BCUT2D eigenvalue weighted by Crippen LogP contribution is 2.29. The van der Waals surface area contributed by atoms with Crippen LogP contribution in [0.5, 0.6) is 0 Å². The van der Waals surface area contributed by atoms with E-state index in [2.05, 4.69) is 47.0 Å². The van der Waals surface area contributed by atoms with Gasteiger partial charge in [-0.1, -0.05) is 20.8 Å². The number of aryl methyl sites for hydroxylation is 1. The summed E-state index contributed by atoms with van der Waals surface area (Å²) in [5, 5.41) is 3.37. The standard InChI is InChI=1S/C15H26N4/c1-5-8-16-14-10-15(18-12(4)17-14)19-9-6-7-13(19)11(2)3/h10-11,13H,5-9H2,1-4H3,(H,16,17,18). The zero-order chi connectivity index (χ0) is 13.8. The average molecular weight is 262 g/mol. The summed E-state index contributed by atoms with van der Waals surface area (Å²) in [6.45, 7) is 10.8. The van der Waals surface area contributed by atoms with Crippen LogP contribution in [0.25, 0.3) is 0 Å². The van der Waals surface area contributed by atoms with Gasteiger partial charge in [0.15, 0.2) is 0 Å². The zero-order valence-corrected chi connectivity index (χ0v) is 12.6. The van der Waals surface area contributed by atoms with Crippen molar-refractivity contribution in [3.05, 3.63) is 11.9 Å². The zero-order valence-electron chi connectivity index (χ0n) is 12.6. The summed E-state index contributed by atoms with van der Waals surface area (Å²) >= 11 is 0. The maximum absolute atomic E-state index is 4.63. The van der Waals surface area contributed by atoms with E-state index >= 15 is 0 Å². The van der Waals surface area contributed by atoms with Crippen LogP contribution in [-0.2, 0) is 0 Å². The number of hydrogen-bond acceptors (Lipinski definition) is 4. The lowest BCUT2D eigenvalue weighted by Crippen LogP contribution is -2.34. The fourth-order valence-corrected chi connectivity index (χ4v) is 2.81. The van der Waals surface area contributed by atoms with E-state index < -0.39 is 0 Å². The summed E-state index contributed by atoms with van der Waals surface area (Å²) < 4.78 is 0. The minimum Gasteiger partial charge on any atom is -0.370 e. The summed E-state index contributed by atoms with van der Waals surface area (Å²) in [6.07, 6.45) is 3.65. The SMILES string of the molecule is CCCNc1cc(N2CCCC2C(C)C)nc(C)n1. The Bertz CT molecular complexity index is 417. The summed E-state index contributed by atoms with van der Waals surface area (Å²) in [5.74, 6) is 3.57. The molecule has 1 N–H and O–H groups in total. The molecular formula is C15H26N4. The first kappa shape index (κ1) is 14.1.